The third kappa shape index (κ3) is 2.46. The Labute approximate surface area is 68.2 Å². The number of aliphatic hydroxyl groups excluding tert-OH is 1. The van der Waals surface area contributed by atoms with E-state index in [1.54, 1.807) is 0 Å². The van der Waals surface area contributed by atoms with Gasteiger partial charge in [-0.1, -0.05) is 19.8 Å². The minimum absolute atomic E-state index is 0.114. The van der Waals surface area contributed by atoms with Crippen molar-refractivity contribution in [3.8, 4) is 0 Å². The van der Waals surface area contributed by atoms with Crippen LogP contribution in [0.3, 0.4) is 0 Å². The van der Waals surface area contributed by atoms with Crippen molar-refractivity contribution >= 4 is 0 Å². The third-order valence-electron chi connectivity index (χ3n) is 2.64. The van der Waals surface area contributed by atoms with Crippen LogP contribution in [0.25, 0.3) is 0 Å². The summed E-state index contributed by atoms with van der Waals surface area (Å²) in [5.74, 6) is 0.625. The minimum atomic E-state index is -0.549. The Balaban J connectivity index is 2.41. The molecule has 0 amide bonds. The molecule has 11 heavy (non-hydrogen) atoms. The first kappa shape index (κ1) is 9.01. The van der Waals surface area contributed by atoms with E-state index in [0.29, 0.717) is 12.3 Å². The van der Waals surface area contributed by atoms with E-state index in [1.807, 2.05) is 0 Å². The Bertz CT molecular complexity index is 121. The predicted molar refractivity (Wildman–Crippen MR) is 44.3 cm³/mol. The zero-order valence-electron chi connectivity index (χ0n) is 7.21. The lowest BCUT2D eigenvalue weighted by Crippen LogP contribution is -2.35. The van der Waals surface area contributed by atoms with Crippen LogP contribution in [0.15, 0.2) is 0 Å². The van der Waals surface area contributed by atoms with Gasteiger partial charge in [0.1, 0.15) is 0 Å². The van der Waals surface area contributed by atoms with Gasteiger partial charge in [-0.05, 0) is 25.2 Å². The van der Waals surface area contributed by atoms with E-state index < -0.39 is 5.60 Å². The zero-order valence-corrected chi connectivity index (χ0v) is 7.21. The van der Waals surface area contributed by atoms with E-state index in [1.165, 1.54) is 6.42 Å². The van der Waals surface area contributed by atoms with Gasteiger partial charge >= 0.3 is 0 Å². The molecule has 1 fully saturated rings. The molecule has 0 heterocycles. The maximum absolute atomic E-state index is 9.88. The predicted octanol–water partition coefficient (Wildman–Crippen LogP) is 1.31. The molecule has 0 aliphatic heterocycles. The van der Waals surface area contributed by atoms with E-state index in [-0.39, 0.29) is 6.61 Å². The van der Waals surface area contributed by atoms with Gasteiger partial charge in [-0.3, -0.25) is 0 Å². The van der Waals surface area contributed by atoms with Gasteiger partial charge in [-0.2, -0.15) is 0 Å². The fraction of sp³-hybridized carbons (Fsp3) is 1.00. The molecule has 1 aliphatic carbocycles. The van der Waals surface area contributed by atoms with E-state index in [9.17, 15) is 5.11 Å². The Morgan fingerprint density at radius 3 is 2.82 bits per heavy atom. The molecule has 66 valence electrons. The molecule has 1 saturated carbocycles. The Morgan fingerprint density at radius 2 is 2.27 bits per heavy atom. The van der Waals surface area contributed by atoms with Gasteiger partial charge in [0.15, 0.2) is 0 Å². The lowest BCUT2D eigenvalue weighted by atomic mass is 9.77. The minimum Gasteiger partial charge on any atom is -0.396 e. The smallest absolute Gasteiger partial charge is 0.0672 e. The van der Waals surface area contributed by atoms with Crippen molar-refractivity contribution in [2.24, 2.45) is 5.92 Å². The van der Waals surface area contributed by atoms with Gasteiger partial charge < -0.3 is 10.2 Å². The molecule has 0 aromatic heterocycles. The molecule has 0 aromatic carbocycles. The zero-order chi connectivity index (χ0) is 8.32. The maximum Gasteiger partial charge on any atom is 0.0672 e. The number of aliphatic hydroxyl groups is 2. The van der Waals surface area contributed by atoms with Crippen molar-refractivity contribution in [2.45, 2.75) is 44.6 Å². The fourth-order valence-corrected chi connectivity index (χ4v) is 2.07. The molecule has 2 heteroatoms. The van der Waals surface area contributed by atoms with Crippen molar-refractivity contribution < 1.29 is 10.2 Å². The second kappa shape index (κ2) is 3.55. The van der Waals surface area contributed by atoms with Gasteiger partial charge in [0.25, 0.3) is 0 Å². The van der Waals surface area contributed by atoms with Gasteiger partial charge in [0.2, 0.25) is 0 Å². The summed E-state index contributed by atoms with van der Waals surface area (Å²) in [6.45, 7) is 2.28. The fourth-order valence-electron chi connectivity index (χ4n) is 2.07. The highest BCUT2D eigenvalue weighted by Gasteiger charge is 2.31. The first-order valence-electron chi connectivity index (χ1n) is 4.49. The summed E-state index contributed by atoms with van der Waals surface area (Å²) in [5.41, 5.74) is -0.549. The highest BCUT2D eigenvalue weighted by Crippen LogP contribution is 2.33. The topological polar surface area (TPSA) is 40.5 Å². The van der Waals surface area contributed by atoms with E-state index in [4.69, 9.17) is 5.11 Å². The van der Waals surface area contributed by atoms with Crippen LogP contribution in [-0.2, 0) is 0 Å². The van der Waals surface area contributed by atoms with Crippen LogP contribution < -0.4 is 0 Å². The van der Waals surface area contributed by atoms with Crippen molar-refractivity contribution in [1.82, 2.24) is 0 Å². The quantitative estimate of drug-likeness (QED) is 0.636. The summed E-state index contributed by atoms with van der Waals surface area (Å²) in [5, 5.41) is 18.6. The molecule has 1 rings (SSSR count). The van der Waals surface area contributed by atoms with Gasteiger partial charge in [0.05, 0.1) is 5.60 Å². The van der Waals surface area contributed by atoms with E-state index in [0.717, 1.165) is 19.3 Å². The molecule has 0 aromatic rings. The molecule has 1 aliphatic rings. The van der Waals surface area contributed by atoms with Crippen molar-refractivity contribution in [3.05, 3.63) is 0 Å². The van der Waals surface area contributed by atoms with Gasteiger partial charge in [0, 0.05) is 6.61 Å². The Morgan fingerprint density at radius 1 is 1.55 bits per heavy atom. The molecular weight excluding hydrogens is 140 g/mol. The summed E-state index contributed by atoms with van der Waals surface area (Å²) >= 11 is 0. The van der Waals surface area contributed by atoms with Crippen LogP contribution >= 0.6 is 0 Å². The lowest BCUT2D eigenvalue weighted by Gasteiger charge is -2.35. The van der Waals surface area contributed by atoms with Crippen LogP contribution in [0.4, 0.5) is 0 Å². The molecule has 0 bridgehead atoms. The SMILES string of the molecule is C[C@@H]1CCC[C@@](O)(CCO)C1. The van der Waals surface area contributed by atoms with E-state index in [2.05, 4.69) is 6.92 Å². The Hall–Kier alpha value is -0.0800. The molecule has 2 N–H and O–H groups in total. The number of hydrogen-bond donors (Lipinski definition) is 2. The van der Waals surface area contributed by atoms with Crippen LogP contribution in [0.5, 0.6) is 0 Å². The second-order valence-corrected chi connectivity index (χ2v) is 3.90. The highest BCUT2D eigenvalue weighted by molar-refractivity contribution is 4.84. The summed E-state index contributed by atoms with van der Waals surface area (Å²) in [6.07, 6.45) is 4.63. The van der Waals surface area contributed by atoms with Gasteiger partial charge in [-0.15, -0.1) is 0 Å². The normalized spacial score (nSPS) is 39.0. The Kier molecular flexibility index (Phi) is 2.90. The van der Waals surface area contributed by atoms with E-state index >= 15 is 0 Å². The molecule has 0 unspecified atom stereocenters. The first-order valence-corrected chi connectivity index (χ1v) is 4.49. The average Bonchev–Trinajstić information content (AvgIpc) is 1.86. The largest absolute Gasteiger partial charge is 0.396 e. The molecule has 0 saturated heterocycles. The van der Waals surface area contributed by atoms with Crippen molar-refractivity contribution in [1.29, 1.82) is 0 Å². The molecule has 2 atom stereocenters. The van der Waals surface area contributed by atoms with Crippen LogP contribution in [-0.4, -0.2) is 22.4 Å². The van der Waals surface area contributed by atoms with Crippen LogP contribution in [0.2, 0.25) is 0 Å². The average molecular weight is 158 g/mol. The van der Waals surface area contributed by atoms with Crippen LogP contribution in [0, 0.1) is 5.92 Å². The molecular formula is C9H18O2. The van der Waals surface area contributed by atoms with Crippen molar-refractivity contribution in [2.75, 3.05) is 6.61 Å². The second-order valence-electron chi connectivity index (χ2n) is 3.90. The third-order valence-corrected chi connectivity index (χ3v) is 2.64. The standard InChI is InChI=1S/C9H18O2/c1-8-3-2-4-9(11,7-8)5-6-10/h8,10-11H,2-7H2,1H3/t8-,9-/m1/s1. The first-order chi connectivity index (χ1) is 5.16. The summed E-state index contributed by atoms with van der Waals surface area (Å²) in [4.78, 5) is 0. The summed E-state index contributed by atoms with van der Waals surface area (Å²) < 4.78 is 0. The van der Waals surface area contributed by atoms with Crippen LogP contribution in [0.1, 0.15) is 39.0 Å². The monoisotopic (exact) mass is 158 g/mol. The van der Waals surface area contributed by atoms with Crippen molar-refractivity contribution in [3.63, 3.8) is 0 Å². The lowest BCUT2D eigenvalue weighted by molar-refractivity contribution is -0.0308. The summed E-state index contributed by atoms with van der Waals surface area (Å²) in [6, 6.07) is 0. The molecule has 2 nitrogen and oxygen atoms in total. The maximum atomic E-state index is 9.88. The molecule has 0 spiro atoms. The molecule has 0 radical (unpaired) electrons. The number of hydrogen-bond acceptors (Lipinski definition) is 2. The highest BCUT2D eigenvalue weighted by atomic mass is 16.3. The summed E-state index contributed by atoms with van der Waals surface area (Å²) in [7, 11) is 0. The van der Waals surface area contributed by atoms with Gasteiger partial charge in [-0.25, -0.2) is 0 Å². The number of rotatable bonds is 2.